The first-order chi connectivity index (χ1) is 17.3. The Morgan fingerprint density at radius 1 is 0.897 bits per heavy atom. The number of alkyl halides is 6. The van der Waals surface area contributed by atoms with Crippen LogP contribution >= 0.6 is 0 Å². The summed E-state index contributed by atoms with van der Waals surface area (Å²) < 4.78 is 127. The molecule has 224 valence electrons. The van der Waals surface area contributed by atoms with Gasteiger partial charge in [-0.25, -0.2) is 12.7 Å². The van der Waals surface area contributed by atoms with Gasteiger partial charge in [-0.15, -0.1) is 0 Å². The van der Waals surface area contributed by atoms with Gasteiger partial charge in [0.2, 0.25) is 10.0 Å². The van der Waals surface area contributed by atoms with Gasteiger partial charge in [0.25, 0.3) is 0 Å². The first-order valence-corrected chi connectivity index (χ1v) is 14.3. The summed E-state index contributed by atoms with van der Waals surface area (Å²) in [5.74, 6) is -17.2. The molecule has 0 saturated carbocycles. The lowest BCUT2D eigenvalue weighted by Crippen LogP contribution is -2.60. The third-order valence-corrected chi connectivity index (χ3v) is 9.62. The zero-order valence-electron chi connectivity index (χ0n) is 24.0. The highest BCUT2D eigenvalue weighted by Gasteiger charge is 2.75. The normalized spacial score (nSPS) is 19.5. The summed E-state index contributed by atoms with van der Waals surface area (Å²) >= 11 is 0. The molecule has 39 heavy (non-hydrogen) atoms. The zero-order valence-corrected chi connectivity index (χ0v) is 24.9. The molecule has 1 aromatic rings. The number of halogens is 6. The topological polar surface area (TPSA) is 55.8 Å². The molecule has 1 aliphatic heterocycles. The van der Waals surface area contributed by atoms with E-state index in [0.717, 1.165) is 30.6 Å². The molecule has 0 spiro atoms. The fourth-order valence-electron chi connectivity index (χ4n) is 4.16. The molecule has 0 aromatic heterocycles. The van der Waals surface area contributed by atoms with Crippen molar-refractivity contribution in [2.45, 2.75) is 114 Å². The molecule has 0 N–H and O–H groups in total. The summed E-state index contributed by atoms with van der Waals surface area (Å²) in [6.45, 7) is 10.6. The molecule has 5 nitrogen and oxygen atoms in total. The molecule has 1 unspecified atom stereocenters. The van der Waals surface area contributed by atoms with Crippen molar-refractivity contribution in [3.63, 3.8) is 0 Å². The van der Waals surface area contributed by atoms with E-state index in [9.17, 15) is 26.0 Å². The molecule has 2 rings (SSSR count). The van der Waals surface area contributed by atoms with Crippen molar-refractivity contribution in [3.8, 4) is 0 Å². The van der Waals surface area contributed by atoms with E-state index in [-0.39, 0.29) is 24.3 Å². The highest BCUT2D eigenvalue weighted by molar-refractivity contribution is 7.89. The first-order valence-electron chi connectivity index (χ1n) is 12.8. The fourth-order valence-corrected chi connectivity index (χ4v) is 5.37. The fraction of sp³-hybridized carbons (Fsp3) is 0.769. The minimum atomic E-state index is -5.66. The maximum atomic E-state index is 15.1. The van der Waals surface area contributed by atoms with E-state index in [1.165, 1.54) is 19.2 Å². The monoisotopic (exact) mass is 587 g/mol. The van der Waals surface area contributed by atoms with Crippen LogP contribution in [0.4, 0.5) is 26.3 Å². The number of aryl methyl sites for hydroxylation is 1. The first kappa shape index (κ1) is 33.9. The summed E-state index contributed by atoms with van der Waals surface area (Å²) in [4.78, 5) is 0.0358. The van der Waals surface area contributed by atoms with Crippen molar-refractivity contribution in [2.75, 3.05) is 13.6 Å². The Kier molecular flexibility index (Phi) is 9.42. The molecule has 1 aromatic carbocycles. The lowest BCUT2D eigenvalue weighted by atomic mass is 9.65. The van der Waals surface area contributed by atoms with Crippen LogP contribution in [0.15, 0.2) is 29.2 Å². The Morgan fingerprint density at radius 3 is 1.79 bits per heavy atom. The molecule has 0 radical (unpaired) electrons. The van der Waals surface area contributed by atoms with E-state index >= 15 is 8.78 Å². The minimum Gasteiger partial charge on any atom is -0.403 e. The minimum absolute atomic E-state index is 0.0341. The van der Waals surface area contributed by atoms with Crippen LogP contribution in [0.2, 0.25) is 5.82 Å². The van der Waals surface area contributed by atoms with E-state index in [1.807, 2.05) is 0 Å². The van der Waals surface area contributed by atoms with E-state index in [0.29, 0.717) is 0 Å². The number of sulfonamides is 1. The molecule has 1 heterocycles. The summed E-state index contributed by atoms with van der Waals surface area (Å²) in [5.41, 5.74) is -3.56. The van der Waals surface area contributed by atoms with Gasteiger partial charge in [-0.3, -0.25) is 0 Å². The third kappa shape index (κ3) is 6.62. The van der Waals surface area contributed by atoms with Crippen molar-refractivity contribution >= 4 is 17.1 Å². The van der Waals surface area contributed by atoms with Gasteiger partial charge < -0.3 is 9.31 Å². The molecule has 0 amide bonds. The second-order valence-corrected chi connectivity index (χ2v) is 14.5. The third-order valence-electron chi connectivity index (χ3n) is 7.75. The van der Waals surface area contributed by atoms with E-state index < -0.39 is 63.8 Å². The molecular formula is C26H40BF6NO4S. The lowest BCUT2D eigenvalue weighted by Gasteiger charge is -2.41. The summed E-state index contributed by atoms with van der Waals surface area (Å²) in [6, 6.07) is 6.13. The van der Waals surface area contributed by atoms with Crippen LogP contribution in [0.3, 0.4) is 0 Å². The highest BCUT2D eigenvalue weighted by atomic mass is 32.2. The zero-order chi connectivity index (χ0) is 30.5. The average molecular weight is 587 g/mol. The Balaban J connectivity index is 2.30. The van der Waals surface area contributed by atoms with Crippen LogP contribution in [-0.2, 0) is 19.3 Å². The SMILES string of the molecule is Cc1ccc(S(=O)(=O)N(C)CCCC(CC(F)(F)C(F)(F)C(F)(F)C(C)(C)C)B2OC(C)(C)C(C)(C)O2)cc1. The predicted molar refractivity (Wildman–Crippen MR) is 139 cm³/mol. The van der Waals surface area contributed by atoms with Crippen molar-refractivity contribution in [2.24, 2.45) is 5.41 Å². The van der Waals surface area contributed by atoms with E-state index in [1.54, 1.807) is 46.8 Å². The Labute approximate surface area is 228 Å². The largest absolute Gasteiger partial charge is 0.461 e. The van der Waals surface area contributed by atoms with Crippen LogP contribution in [-0.4, -0.2) is 62.4 Å². The molecular weight excluding hydrogens is 547 g/mol. The van der Waals surface area contributed by atoms with Crippen molar-refractivity contribution in [1.82, 2.24) is 4.31 Å². The van der Waals surface area contributed by atoms with E-state index in [4.69, 9.17) is 9.31 Å². The second-order valence-electron chi connectivity index (χ2n) is 12.5. The van der Waals surface area contributed by atoms with Gasteiger partial charge in [0, 0.05) is 25.4 Å². The molecule has 0 bridgehead atoms. The van der Waals surface area contributed by atoms with Gasteiger partial charge in [0.05, 0.1) is 16.1 Å². The molecule has 1 atom stereocenters. The molecule has 0 aliphatic carbocycles. The van der Waals surface area contributed by atoms with Crippen molar-refractivity contribution in [1.29, 1.82) is 0 Å². The number of nitrogens with zero attached hydrogens (tertiary/aromatic N) is 1. The average Bonchev–Trinajstić information content (AvgIpc) is 2.98. The van der Waals surface area contributed by atoms with Crippen LogP contribution in [0.5, 0.6) is 0 Å². The van der Waals surface area contributed by atoms with Gasteiger partial charge in [-0.05, 0) is 59.0 Å². The maximum Gasteiger partial charge on any atom is 0.461 e. The molecule has 1 saturated heterocycles. The molecule has 1 aliphatic rings. The Morgan fingerprint density at radius 2 is 1.36 bits per heavy atom. The van der Waals surface area contributed by atoms with Crippen LogP contribution in [0, 0.1) is 12.3 Å². The number of rotatable bonds is 11. The summed E-state index contributed by atoms with van der Waals surface area (Å²) in [6.07, 6.45) is -1.91. The van der Waals surface area contributed by atoms with Gasteiger partial charge in [-0.2, -0.15) is 26.3 Å². The summed E-state index contributed by atoms with van der Waals surface area (Å²) in [7, 11) is -3.98. The molecule has 13 heteroatoms. The lowest BCUT2D eigenvalue weighted by molar-refractivity contribution is -0.338. The Hall–Kier alpha value is -1.31. The maximum absolute atomic E-state index is 15.1. The van der Waals surface area contributed by atoms with Crippen LogP contribution in [0.1, 0.15) is 73.3 Å². The van der Waals surface area contributed by atoms with Gasteiger partial charge >= 0.3 is 24.9 Å². The van der Waals surface area contributed by atoms with Crippen molar-refractivity contribution < 1.29 is 44.1 Å². The van der Waals surface area contributed by atoms with Crippen LogP contribution in [0.25, 0.3) is 0 Å². The number of hydrogen-bond acceptors (Lipinski definition) is 4. The van der Waals surface area contributed by atoms with Crippen LogP contribution < -0.4 is 0 Å². The Bertz CT molecular complexity index is 1090. The quantitative estimate of drug-likeness (QED) is 0.203. The van der Waals surface area contributed by atoms with Gasteiger partial charge in [0.15, 0.2) is 0 Å². The highest BCUT2D eigenvalue weighted by Crippen LogP contribution is 2.56. The van der Waals surface area contributed by atoms with Gasteiger partial charge in [0.1, 0.15) is 0 Å². The standard InChI is InChI=1S/C26H40BF6NO4S/c1-18-12-14-20(15-13-18)39(35,36)34(9)16-10-11-19(27-37-22(5,6)23(7,8)38-27)17-24(28,29)26(32,33)25(30,31)21(2,3)4/h12-15,19H,10-11,16-17H2,1-9H3. The predicted octanol–water partition coefficient (Wildman–Crippen LogP) is 7.20. The van der Waals surface area contributed by atoms with Gasteiger partial charge in [-0.1, -0.05) is 44.9 Å². The van der Waals surface area contributed by atoms with E-state index in [2.05, 4.69) is 0 Å². The summed E-state index contributed by atoms with van der Waals surface area (Å²) in [5, 5.41) is 0. The molecule has 1 fully saturated rings. The number of hydrogen-bond donors (Lipinski definition) is 0. The number of benzene rings is 1. The smallest absolute Gasteiger partial charge is 0.403 e. The van der Waals surface area contributed by atoms with Crippen molar-refractivity contribution in [3.05, 3.63) is 29.8 Å². The second kappa shape index (κ2) is 10.8.